The second kappa shape index (κ2) is 8.16. The van der Waals surface area contributed by atoms with E-state index in [1.165, 1.54) is 4.88 Å². The van der Waals surface area contributed by atoms with Gasteiger partial charge in [0.2, 0.25) is 0 Å². The summed E-state index contributed by atoms with van der Waals surface area (Å²) in [6.07, 6.45) is 1.65. The minimum absolute atomic E-state index is 0. The Morgan fingerprint density at radius 3 is 2.94 bits per heavy atom. The summed E-state index contributed by atoms with van der Waals surface area (Å²) in [5.41, 5.74) is 0. The van der Waals surface area contributed by atoms with Crippen LogP contribution in [0.4, 0.5) is 0 Å². The number of aliphatic hydroxyl groups excluding tert-OH is 1. The first-order valence-corrected chi connectivity index (χ1v) is 6.94. The normalized spacial score (nSPS) is 31.2. The molecule has 4 atom stereocenters. The Bertz CT molecular complexity index is 334. The number of thiophene rings is 1. The largest absolute Gasteiger partial charge is 0.393 e. The van der Waals surface area contributed by atoms with Gasteiger partial charge in [-0.3, -0.25) is 0 Å². The third kappa shape index (κ3) is 4.14. The zero-order valence-corrected chi connectivity index (χ0v) is 14.4. The summed E-state index contributed by atoms with van der Waals surface area (Å²) in [7, 11) is 5.36. The molecule has 0 bridgehead atoms. The van der Waals surface area contributed by atoms with E-state index in [4.69, 9.17) is 12.6 Å². The van der Waals surface area contributed by atoms with Crippen molar-refractivity contribution in [1.29, 1.82) is 0 Å². The van der Waals surface area contributed by atoms with Gasteiger partial charge in [-0.1, -0.05) is 13.3 Å². The van der Waals surface area contributed by atoms with Crippen LogP contribution >= 0.6 is 11.3 Å². The van der Waals surface area contributed by atoms with Crippen molar-refractivity contribution >= 4 is 19.2 Å². The van der Waals surface area contributed by atoms with Gasteiger partial charge in [0.1, 0.15) is 7.85 Å². The maximum absolute atomic E-state index is 10.1. The fourth-order valence-electron chi connectivity index (χ4n) is 2.84. The molecule has 4 unspecified atom stereocenters. The molecule has 18 heavy (non-hydrogen) atoms. The molecule has 5 heteroatoms. The Balaban J connectivity index is 0.00000162. The van der Waals surface area contributed by atoms with E-state index >= 15 is 0 Å². The number of hydrogen-bond donors (Lipinski definition) is 1. The first-order chi connectivity index (χ1) is 8.22. The van der Waals surface area contributed by atoms with E-state index < -0.39 is 0 Å². The van der Waals surface area contributed by atoms with Crippen LogP contribution in [-0.4, -0.2) is 32.2 Å². The maximum Gasteiger partial charge on any atom is 0.104 e. The van der Waals surface area contributed by atoms with Crippen LogP contribution in [0.15, 0.2) is 12.1 Å². The van der Waals surface area contributed by atoms with Crippen molar-refractivity contribution in [2.45, 2.75) is 25.9 Å². The summed E-state index contributed by atoms with van der Waals surface area (Å²) < 4.78 is 5.30. The molecule has 0 saturated heterocycles. The number of ether oxygens (including phenoxy) is 1. The van der Waals surface area contributed by atoms with Crippen molar-refractivity contribution in [2.75, 3.05) is 13.1 Å². The Labute approximate surface area is 140 Å². The van der Waals surface area contributed by atoms with Crippen molar-refractivity contribution in [3.8, 4) is 0 Å². The third-order valence-corrected chi connectivity index (χ3v) is 4.60. The van der Waals surface area contributed by atoms with Gasteiger partial charge in [-0.15, -0.1) is 10.3 Å². The molecule has 1 aliphatic carbocycles. The number of rotatable bonds is 5. The van der Waals surface area contributed by atoms with E-state index in [1.54, 1.807) is 11.3 Å². The molecule has 0 aromatic carbocycles. The fourth-order valence-corrected chi connectivity index (χ4v) is 3.54. The van der Waals surface area contributed by atoms with Crippen LogP contribution in [0.3, 0.4) is 0 Å². The van der Waals surface area contributed by atoms with E-state index in [2.05, 4.69) is 18.4 Å². The second-order valence-corrected chi connectivity index (χ2v) is 5.83. The molecule has 1 heterocycles. The van der Waals surface area contributed by atoms with E-state index in [0.717, 1.165) is 12.8 Å². The molecule has 3 radical (unpaired) electrons. The molecule has 1 aliphatic rings. The van der Waals surface area contributed by atoms with Gasteiger partial charge < -0.3 is 21.2 Å². The van der Waals surface area contributed by atoms with Gasteiger partial charge in [0.25, 0.3) is 0 Å². The van der Waals surface area contributed by atoms with E-state index in [9.17, 15) is 5.11 Å². The van der Waals surface area contributed by atoms with Crippen molar-refractivity contribution in [2.24, 2.45) is 17.8 Å². The molecule has 2 rings (SSSR count). The Kier molecular flexibility index (Phi) is 7.63. The molecule has 1 saturated carbocycles. The van der Waals surface area contributed by atoms with Gasteiger partial charge >= 0.3 is 0 Å². The molecule has 0 aliphatic heterocycles. The fraction of sp³-hybridized carbons (Fsp3) is 0.692. The first kappa shape index (κ1) is 16.8. The average molecular weight is 338 g/mol. The maximum atomic E-state index is 10.1. The van der Waals surface area contributed by atoms with Crippen LogP contribution in [0, 0.1) is 23.1 Å². The average Bonchev–Trinajstić information content (AvgIpc) is 2.88. The summed E-state index contributed by atoms with van der Waals surface area (Å²) in [5, 5.41) is 13.2. The molecule has 95 valence electrons. The van der Waals surface area contributed by atoms with Crippen LogP contribution in [-0.2, 0) is 43.9 Å². The second-order valence-electron chi connectivity index (χ2n) is 4.87. The molecule has 1 aromatic heterocycles. The monoisotopic (exact) mass is 338 g/mol. The van der Waals surface area contributed by atoms with E-state index in [1.807, 2.05) is 6.07 Å². The SMILES string of the molecule is [B]COCC1C(O)CC(C)C1Cc1cc[c-]s1.[Y]. The summed E-state index contributed by atoms with van der Waals surface area (Å²) in [6, 6.07) is 4.07. The first-order valence-electron chi connectivity index (χ1n) is 6.13. The predicted molar refractivity (Wildman–Crippen MR) is 70.2 cm³/mol. The standard InChI is InChI=1S/C13H18BO2S.Y/c1-9-5-13(15)12(7-16-8-14)11(9)6-10-3-2-4-17-10;/h2-3,9,11-13,15H,5-8H2,1H3;/q-1;. The quantitative estimate of drug-likeness (QED) is 0.656. The third-order valence-electron chi connectivity index (χ3n) is 3.78. The Morgan fingerprint density at radius 2 is 2.33 bits per heavy atom. The van der Waals surface area contributed by atoms with Crippen LogP contribution < -0.4 is 0 Å². The molecule has 0 amide bonds. The van der Waals surface area contributed by atoms with Gasteiger partial charge in [-0.2, -0.15) is 6.07 Å². The zero-order valence-electron chi connectivity index (χ0n) is 10.7. The molecule has 0 spiro atoms. The zero-order chi connectivity index (χ0) is 12.3. The van der Waals surface area contributed by atoms with Crippen molar-refractivity contribution < 1.29 is 42.6 Å². The predicted octanol–water partition coefficient (Wildman–Crippen LogP) is 1.86. The van der Waals surface area contributed by atoms with Crippen LogP contribution in [0.2, 0.25) is 0 Å². The van der Waals surface area contributed by atoms with E-state index in [0.29, 0.717) is 18.4 Å². The van der Waals surface area contributed by atoms with Crippen LogP contribution in [0.25, 0.3) is 0 Å². The number of hydrogen-bond acceptors (Lipinski definition) is 3. The van der Waals surface area contributed by atoms with Crippen molar-refractivity contribution in [1.82, 2.24) is 0 Å². The van der Waals surface area contributed by atoms with Gasteiger partial charge in [-0.05, 0) is 18.3 Å². The van der Waals surface area contributed by atoms with Crippen molar-refractivity contribution in [3.05, 3.63) is 22.4 Å². The van der Waals surface area contributed by atoms with Gasteiger partial charge in [0, 0.05) is 45.1 Å². The Hall–Kier alpha value is 0.789. The van der Waals surface area contributed by atoms with Crippen LogP contribution in [0.5, 0.6) is 0 Å². The Morgan fingerprint density at radius 1 is 1.56 bits per heavy atom. The van der Waals surface area contributed by atoms with Gasteiger partial charge in [0.15, 0.2) is 0 Å². The minimum Gasteiger partial charge on any atom is -0.393 e. The molecule has 1 aromatic rings. The topological polar surface area (TPSA) is 29.5 Å². The molecule has 1 N–H and O–H groups in total. The molecule has 1 fully saturated rings. The van der Waals surface area contributed by atoms with Gasteiger partial charge in [-0.25, -0.2) is 6.07 Å². The van der Waals surface area contributed by atoms with Crippen LogP contribution in [0.1, 0.15) is 18.2 Å². The van der Waals surface area contributed by atoms with E-state index in [-0.39, 0.29) is 51.2 Å². The minimum atomic E-state index is -0.245. The molecule has 2 nitrogen and oxygen atoms in total. The summed E-state index contributed by atoms with van der Waals surface area (Å²) in [4.78, 5) is 1.34. The molecular formula is C13H18BO2SY-. The summed E-state index contributed by atoms with van der Waals surface area (Å²) in [6.45, 7) is 3.02. The number of aliphatic hydroxyl groups is 1. The smallest absolute Gasteiger partial charge is 0.104 e. The summed E-state index contributed by atoms with van der Waals surface area (Å²) >= 11 is 1.67. The summed E-state index contributed by atoms with van der Waals surface area (Å²) in [5.74, 6) is 1.25. The van der Waals surface area contributed by atoms with Gasteiger partial charge in [0.05, 0.1) is 12.7 Å². The molecular weight excluding hydrogens is 320 g/mol. The van der Waals surface area contributed by atoms with Crippen molar-refractivity contribution in [3.63, 3.8) is 0 Å².